The van der Waals surface area contributed by atoms with Gasteiger partial charge in [-0.2, -0.15) is 41.3 Å². The van der Waals surface area contributed by atoms with Crippen LogP contribution in [-0.2, 0) is 11.0 Å². The molecular formula is C18H20F6N6O2. The first kappa shape index (κ1) is 24.9. The number of nitrogens with one attached hydrogen (secondary N) is 3. The third-order valence-corrected chi connectivity index (χ3v) is 3.66. The van der Waals surface area contributed by atoms with Crippen molar-refractivity contribution in [1.29, 1.82) is 0 Å². The zero-order valence-electron chi connectivity index (χ0n) is 16.8. The summed E-state index contributed by atoms with van der Waals surface area (Å²) in [6.45, 7) is 0.770. The van der Waals surface area contributed by atoms with Crippen LogP contribution in [-0.4, -0.2) is 46.7 Å². The second kappa shape index (κ2) is 10.8. The average Bonchev–Trinajstić information content (AvgIpc) is 2.69. The van der Waals surface area contributed by atoms with Gasteiger partial charge in [0, 0.05) is 25.2 Å². The van der Waals surface area contributed by atoms with Crippen LogP contribution in [0.4, 0.5) is 43.9 Å². The summed E-state index contributed by atoms with van der Waals surface area (Å²) < 4.78 is 80.6. The summed E-state index contributed by atoms with van der Waals surface area (Å²) in [7, 11) is 0. The fraction of sp³-hybridized carbons (Fsp3) is 0.444. The van der Waals surface area contributed by atoms with Gasteiger partial charge in [-0.3, -0.25) is 4.79 Å². The molecule has 32 heavy (non-hydrogen) atoms. The number of alkyl halides is 6. The number of carbonyl (C=O) groups is 1. The van der Waals surface area contributed by atoms with Crippen LogP contribution in [0, 0.1) is 0 Å². The van der Waals surface area contributed by atoms with Gasteiger partial charge in [0.2, 0.25) is 17.8 Å². The summed E-state index contributed by atoms with van der Waals surface area (Å²) in [5.41, 5.74) is -0.983. The van der Waals surface area contributed by atoms with Crippen molar-refractivity contribution < 1.29 is 35.9 Å². The smallest absolute Gasteiger partial charge is 0.422 e. The lowest BCUT2D eigenvalue weighted by Crippen LogP contribution is -2.23. The maximum Gasteiger partial charge on any atom is 0.422 e. The highest BCUT2D eigenvalue weighted by molar-refractivity contribution is 5.75. The van der Waals surface area contributed by atoms with Gasteiger partial charge in [-0.25, -0.2) is 0 Å². The van der Waals surface area contributed by atoms with Crippen LogP contribution < -0.4 is 20.7 Å². The van der Waals surface area contributed by atoms with Gasteiger partial charge in [0.15, 0.2) is 6.61 Å². The lowest BCUT2D eigenvalue weighted by Gasteiger charge is -2.13. The minimum absolute atomic E-state index is 0.0463. The first-order valence-corrected chi connectivity index (χ1v) is 9.37. The van der Waals surface area contributed by atoms with Crippen LogP contribution in [0.25, 0.3) is 0 Å². The lowest BCUT2D eigenvalue weighted by molar-refractivity contribution is -0.154. The van der Waals surface area contributed by atoms with Crippen LogP contribution in [0.2, 0.25) is 0 Å². The minimum atomic E-state index is -4.65. The van der Waals surface area contributed by atoms with Crippen molar-refractivity contribution in [2.75, 3.05) is 30.3 Å². The van der Waals surface area contributed by atoms with Crippen LogP contribution in [0.5, 0.6) is 6.01 Å². The zero-order chi connectivity index (χ0) is 23.8. The molecule has 8 nitrogen and oxygen atoms in total. The van der Waals surface area contributed by atoms with Crippen LogP contribution in [0.3, 0.4) is 0 Å². The van der Waals surface area contributed by atoms with E-state index in [1.165, 1.54) is 6.07 Å². The maximum atomic E-state index is 12.9. The van der Waals surface area contributed by atoms with Gasteiger partial charge in [0.25, 0.3) is 0 Å². The highest BCUT2D eigenvalue weighted by Crippen LogP contribution is 2.31. The molecular weight excluding hydrogens is 446 g/mol. The summed E-state index contributed by atoms with van der Waals surface area (Å²) >= 11 is 0. The molecule has 2 aromatic rings. The second-order valence-electron chi connectivity index (χ2n) is 6.36. The number of rotatable bonds is 10. The van der Waals surface area contributed by atoms with E-state index in [4.69, 9.17) is 0 Å². The summed E-state index contributed by atoms with van der Waals surface area (Å²) in [4.78, 5) is 22.8. The number of aromatic nitrogens is 3. The Labute approximate surface area is 178 Å². The zero-order valence-corrected chi connectivity index (χ0v) is 16.8. The molecule has 0 unspecified atom stereocenters. The Morgan fingerprint density at radius 3 is 2.44 bits per heavy atom. The number of carbonyl (C=O) groups excluding carboxylic acids is 1. The molecule has 0 saturated heterocycles. The van der Waals surface area contributed by atoms with Crippen molar-refractivity contribution in [3.63, 3.8) is 0 Å². The monoisotopic (exact) mass is 466 g/mol. The Balaban J connectivity index is 2.16. The third-order valence-electron chi connectivity index (χ3n) is 3.66. The van der Waals surface area contributed by atoms with E-state index in [9.17, 15) is 31.1 Å². The van der Waals surface area contributed by atoms with E-state index in [1.54, 1.807) is 6.92 Å². The van der Waals surface area contributed by atoms with Gasteiger partial charge in [-0.05, 0) is 31.5 Å². The molecule has 14 heteroatoms. The molecule has 0 aliphatic rings. The quantitative estimate of drug-likeness (QED) is 0.361. The SMILES string of the molecule is CCNC(=O)CCCNc1nc(Nc2cccc(C(F)(F)F)c2)nc(OCC(F)(F)F)n1. The number of benzene rings is 1. The lowest BCUT2D eigenvalue weighted by atomic mass is 10.2. The number of hydrogen-bond acceptors (Lipinski definition) is 7. The molecule has 0 saturated carbocycles. The Morgan fingerprint density at radius 1 is 1.06 bits per heavy atom. The molecule has 1 amide bonds. The van der Waals surface area contributed by atoms with E-state index in [0.29, 0.717) is 13.0 Å². The molecule has 1 aromatic carbocycles. The van der Waals surface area contributed by atoms with Crippen molar-refractivity contribution in [1.82, 2.24) is 20.3 Å². The molecule has 2 rings (SSSR count). The molecule has 0 fully saturated rings. The Morgan fingerprint density at radius 2 is 1.78 bits per heavy atom. The predicted molar refractivity (Wildman–Crippen MR) is 103 cm³/mol. The molecule has 0 atom stereocenters. The summed E-state index contributed by atoms with van der Waals surface area (Å²) in [6.07, 6.45) is -8.68. The molecule has 3 N–H and O–H groups in total. The molecule has 176 valence electrons. The Hall–Kier alpha value is -3.32. The standard InChI is InChI=1S/C18H20F6N6O2/c1-2-25-13(31)7-4-8-26-14-28-15(30-16(29-14)32-10-17(19,20)21)27-12-6-3-5-11(9-12)18(22,23)24/h3,5-6,9H,2,4,7-8,10H2,1H3,(H,25,31)(H2,26,27,28,29,30). The first-order chi connectivity index (χ1) is 15.0. The Kier molecular flexibility index (Phi) is 8.43. The number of amides is 1. The summed E-state index contributed by atoms with van der Waals surface area (Å²) in [6, 6.07) is 3.42. The second-order valence-corrected chi connectivity index (χ2v) is 6.36. The van der Waals surface area contributed by atoms with Gasteiger partial charge < -0.3 is 20.7 Å². The summed E-state index contributed by atoms with van der Waals surface area (Å²) in [5, 5.41) is 7.82. The van der Waals surface area contributed by atoms with Gasteiger partial charge in [0.05, 0.1) is 5.56 Å². The van der Waals surface area contributed by atoms with Gasteiger partial charge >= 0.3 is 18.4 Å². The molecule has 0 aliphatic carbocycles. The van der Waals surface area contributed by atoms with Gasteiger partial charge in [0.1, 0.15) is 0 Å². The number of hydrogen-bond donors (Lipinski definition) is 3. The van der Waals surface area contributed by atoms with E-state index in [-0.39, 0.29) is 36.5 Å². The third kappa shape index (κ3) is 8.81. The average molecular weight is 466 g/mol. The van der Waals surface area contributed by atoms with E-state index >= 15 is 0 Å². The number of ether oxygens (including phenoxy) is 1. The van der Waals surface area contributed by atoms with Crippen LogP contribution in [0.1, 0.15) is 25.3 Å². The van der Waals surface area contributed by atoms with E-state index in [0.717, 1.165) is 18.2 Å². The van der Waals surface area contributed by atoms with E-state index in [1.807, 2.05) is 0 Å². The molecule has 1 heterocycles. The van der Waals surface area contributed by atoms with Crippen molar-refractivity contribution in [3.8, 4) is 6.01 Å². The number of halogens is 6. The highest BCUT2D eigenvalue weighted by Gasteiger charge is 2.31. The molecule has 0 spiro atoms. The highest BCUT2D eigenvalue weighted by atomic mass is 19.4. The topological polar surface area (TPSA) is 101 Å². The van der Waals surface area contributed by atoms with Crippen LogP contribution >= 0.6 is 0 Å². The van der Waals surface area contributed by atoms with Crippen molar-refractivity contribution in [3.05, 3.63) is 29.8 Å². The van der Waals surface area contributed by atoms with E-state index < -0.39 is 30.5 Å². The van der Waals surface area contributed by atoms with Crippen molar-refractivity contribution in [2.45, 2.75) is 32.1 Å². The molecule has 0 radical (unpaired) electrons. The van der Waals surface area contributed by atoms with Gasteiger partial charge in [-0.15, -0.1) is 0 Å². The predicted octanol–water partition coefficient (Wildman–Crippen LogP) is 3.90. The van der Waals surface area contributed by atoms with Crippen molar-refractivity contribution in [2.24, 2.45) is 0 Å². The Bertz CT molecular complexity index is 906. The van der Waals surface area contributed by atoms with Gasteiger partial charge in [-0.1, -0.05) is 6.07 Å². The number of nitrogens with zero attached hydrogens (tertiary/aromatic N) is 3. The maximum absolute atomic E-state index is 12.9. The fourth-order valence-electron chi connectivity index (χ4n) is 2.34. The molecule has 0 bridgehead atoms. The first-order valence-electron chi connectivity index (χ1n) is 9.37. The van der Waals surface area contributed by atoms with E-state index in [2.05, 4.69) is 35.6 Å². The van der Waals surface area contributed by atoms with Crippen LogP contribution in [0.15, 0.2) is 24.3 Å². The number of anilines is 3. The fourth-order valence-corrected chi connectivity index (χ4v) is 2.34. The normalized spacial score (nSPS) is 11.7. The minimum Gasteiger partial charge on any atom is -0.454 e. The largest absolute Gasteiger partial charge is 0.454 e. The summed E-state index contributed by atoms with van der Waals surface area (Å²) in [5.74, 6) is -0.684. The molecule has 1 aromatic heterocycles. The van der Waals surface area contributed by atoms with Crippen molar-refractivity contribution >= 4 is 23.5 Å². The molecule has 0 aliphatic heterocycles.